The van der Waals surface area contributed by atoms with Gasteiger partial charge >= 0.3 is 0 Å². The highest BCUT2D eigenvalue weighted by atomic mass is 79.9. The maximum atomic E-state index is 14.2. The standard InChI is InChI=1S/C19H17BrFN5O2/c1-25-7-23-6-14(25)17(27)16-15(18(22)28)24-19-11-4-12(20)13(21)5-10(11)8-2-9(3-8)26(16)19/h4-9,17,27H,2-3H2,1H3,(H2,22,28). The number of rotatable bonds is 3. The second-order valence-corrected chi connectivity index (χ2v) is 8.27. The van der Waals surface area contributed by atoms with Gasteiger partial charge in [-0.05, 0) is 52.4 Å². The van der Waals surface area contributed by atoms with Gasteiger partial charge in [0.15, 0.2) is 5.69 Å². The Morgan fingerprint density at radius 2 is 2.18 bits per heavy atom. The highest BCUT2D eigenvalue weighted by Crippen LogP contribution is 2.54. The first-order valence-corrected chi connectivity index (χ1v) is 9.71. The Balaban J connectivity index is 1.80. The third kappa shape index (κ3) is 2.32. The highest BCUT2D eigenvalue weighted by molar-refractivity contribution is 9.10. The van der Waals surface area contributed by atoms with Crippen molar-refractivity contribution in [2.75, 3.05) is 0 Å². The molecule has 0 spiro atoms. The summed E-state index contributed by atoms with van der Waals surface area (Å²) in [5.41, 5.74) is 8.16. The first-order valence-electron chi connectivity index (χ1n) is 8.92. The van der Waals surface area contributed by atoms with E-state index < -0.39 is 12.0 Å². The van der Waals surface area contributed by atoms with Gasteiger partial charge in [-0.1, -0.05) is 0 Å². The van der Waals surface area contributed by atoms with Crippen molar-refractivity contribution in [3.05, 3.63) is 57.6 Å². The number of aryl methyl sites for hydroxylation is 1. The number of hydrogen-bond acceptors (Lipinski definition) is 4. The zero-order valence-corrected chi connectivity index (χ0v) is 16.5. The van der Waals surface area contributed by atoms with Crippen molar-refractivity contribution in [1.29, 1.82) is 0 Å². The van der Waals surface area contributed by atoms with Crippen LogP contribution in [0.15, 0.2) is 29.1 Å². The summed E-state index contributed by atoms with van der Waals surface area (Å²) in [7, 11) is 1.77. The second-order valence-electron chi connectivity index (χ2n) is 7.41. The third-order valence-corrected chi connectivity index (χ3v) is 6.43. The van der Waals surface area contributed by atoms with Crippen molar-refractivity contribution in [3.63, 3.8) is 0 Å². The van der Waals surface area contributed by atoms with Crippen LogP contribution in [0, 0.1) is 5.82 Å². The van der Waals surface area contributed by atoms with Gasteiger partial charge in [-0.2, -0.15) is 0 Å². The summed E-state index contributed by atoms with van der Waals surface area (Å²) in [6.45, 7) is 0. The van der Waals surface area contributed by atoms with Crippen LogP contribution in [-0.4, -0.2) is 30.1 Å². The van der Waals surface area contributed by atoms with E-state index >= 15 is 0 Å². The molecule has 1 saturated carbocycles. The molecular formula is C19H17BrFN5O2. The van der Waals surface area contributed by atoms with Gasteiger partial charge in [0.25, 0.3) is 5.91 Å². The van der Waals surface area contributed by atoms with Crippen LogP contribution in [0.1, 0.15) is 58.3 Å². The zero-order valence-electron chi connectivity index (χ0n) is 14.9. The number of hydrogen-bond donors (Lipinski definition) is 2. The van der Waals surface area contributed by atoms with Crippen LogP contribution in [0.5, 0.6) is 0 Å². The molecule has 6 rings (SSSR count). The maximum absolute atomic E-state index is 14.2. The van der Waals surface area contributed by atoms with Crippen LogP contribution < -0.4 is 5.73 Å². The molecule has 2 aliphatic heterocycles. The van der Waals surface area contributed by atoms with Crippen molar-refractivity contribution in [2.45, 2.75) is 30.9 Å². The molecular weight excluding hydrogens is 429 g/mol. The molecule has 0 radical (unpaired) electrons. The number of aliphatic hydroxyl groups is 1. The van der Waals surface area contributed by atoms with Crippen molar-refractivity contribution in [1.82, 2.24) is 19.1 Å². The fourth-order valence-corrected chi connectivity index (χ4v) is 4.71. The van der Waals surface area contributed by atoms with E-state index in [1.54, 1.807) is 30.2 Å². The van der Waals surface area contributed by atoms with Gasteiger partial charge in [-0.15, -0.1) is 0 Å². The van der Waals surface area contributed by atoms with Gasteiger partial charge < -0.3 is 20.0 Å². The number of imidazole rings is 2. The van der Waals surface area contributed by atoms with Gasteiger partial charge in [-0.25, -0.2) is 14.4 Å². The van der Waals surface area contributed by atoms with Crippen LogP contribution in [-0.2, 0) is 7.05 Å². The molecule has 2 aromatic heterocycles. The minimum atomic E-state index is -1.11. The summed E-state index contributed by atoms with van der Waals surface area (Å²) in [5.74, 6) is -0.281. The first-order chi connectivity index (χ1) is 13.4. The number of aliphatic hydroxyl groups excluding tert-OH is 1. The van der Waals surface area contributed by atoms with Crippen LogP contribution in [0.4, 0.5) is 4.39 Å². The van der Waals surface area contributed by atoms with E-state index in [0.717, 1.165) is 24.0 Å². The number of aromatic nitrogens is 4. The molecule has 4 heterocycles. The molecule has 3 N–H and O–H groups in total. The van der Waals surface area contributed by atoms with Gasteiger partial charge in [0, 0.05) is 18.7 Å². The summed E-state index contributed by atoms with van der Waals surface area (Å²) < 4.78 is 18.1. The molecule has 0 saturated heterocycles. The van der Waals surface area contributed by atoms with Crippen LogP contribution >= 0.6 is 15.9 Å². The lowest BCUT2D eigenvalue weighted by atomic mass is 9.75. The Kier molecular flexibility index (Phi) is 3.76. The fourth-order valence-electron chi connectivity index (χ4n) is 4.36. The van der Waals surface area contributed by atoms with E-state index in [4.69, 9.17) is 5.73 Å². The van der Waals surface area contributed by atoms with Crippen molar-refractivity contribution in [3.8, 4) is 11.4 Å². The molecule has 1 aromatic carbocycles. The highest BCUT2D eigenvalue weighted by Gasteiger charge is 2.43. The van der Waals surface area contributed by atoms with E-state index in [-0.39, 0.29) is 23.5 Å². The average Bonchev–Trinajstić information content (AvgIpc) is 3.15. The van der Waals surface area contributed by atoms with Crippen LogP contribution in [0.3, 0.4) is 0 Å². The lowest BCUT2D eigenvalue weighted by Gasteiger charge is -2.36. The number of nitrogens with zero attached hydrogens (tertiary/aromatic N) is 4. The summed E-state index contributed by atoms with van der Waals surface area (Å²) in [4.78, 5) is 20.7. The number of carbonyl (C=O) groups is 1. The summed E-state index contributed by atoms with van der Waals surface area (Å²) in [6.07, 6.45) is 3.61. The third-order valence-electron chi connectivity index (χ3n) is 5.83. The lowest BCUT2D eigenvalue weighted by molar-refractivity contribution is 0.0988. The van der Waals surface area contributed by atoms with E-state index in [9.17, 15) is 14.3 Å². The normalized spacial score (nSPS) is 20.7. The monoisotopic (exact) mass is 445 g/mol. The average molecular weight is 446 g/mol. The Morgan fingerprint density at radius 3 is 2.82 bits per heavy atom. The number of benzene rings is 1. The Labute approximate surface area is 168 Å². The SMILES string of the molecule is Cn1cncc1C(O)c1c(C(N)=O)nc2n1C1CC(C1)c1cc(F)c(Br)cc1-2. The van der Waals surface area contributed by atoms with Crippen LogP contribution in [0.25, 0.3) is 11.4 Å². The molecule has 3 aromatic rings. The van der Waals surface area contributed by atoms with Gasteiger partial charge in [0.1, 0.15) is 17.7 Å². The Morgan fingerprint density at radius 1 is 1.43 bits per heavy atom. The van der Waals surface area contributed by atoms with E-state index in [0.29, 0.717) is 21.7 Å². The molecule has 28 heavy (non-hydrogen) atoms. The first kappa shape index (κ1) is 17.6. The number of carbonyl (C=O) groups excluding carboxylic acids is 1. The van der Waals surface area contributed by atoms with Crippen LogP contribution in [0.2, 0.25) is 0 Å². The summed E-state index contributed by atoms with van der Waals surface area (Å²) in [6, 6.07) is 3.29. The summed E-state index contributed by atoms with van der Waals surface area (Å²) in [5, 5.41) is 11.1. The largest absolute Gasteiger partial charge is 0.380 e. The number of nitrogens with two attached hydrogens (primary N) is 1. The lowest BCUT2D eigenvalue weighted by Crippen LogP contribution is -2.27. The number of amides is 1. The molecule has 3 aliphatic rings. The second kappa shape index (κ2) is 5.99. The Hall–Kier alpha value is -2.52. The van der Waals surface area contributed by atoms with E-state index in [1.165, 1.54) is 6.07 Å². The molecule has 1 atom stereocenters. The van der Waals surface area contributed by atoms with Crippen molar-refractivity contribution in [2.24, 2.45) is 12.8 Å². The van der Waals surface area contributed by atoms with Crippen molar-refractivity contribution >= 4 is 21.8 Å². The van der Waals surface area contributed by atoms with Gasteiger partial charge in [0.05, 0.1) is 28.4 Å². The number of halogens is 2. The summed E-state index contributed by atoms with van der Waals surface area (Å²) >= 11 is 3.24. The van der Waals surface area contributed by atoms with Gasteiger partial charge in [0.2, 0.25) is 0 Å². The smallest absolute Gasteiger partial charge is 0.269 e. The molecule has 9 heteroatoms. The predicted molar refractivity (Wildman–Crippen MR) is 102 cm³/mol. The molecule has 1 unspecified atom stereocenters. The molecule has 1 amide bonds. The Bertz CT molecular complexity index is 1130. The molecule has 2 bridgehead atoms. The van der Waals surface area contributed by atoms with Gasteiger partial charge in [-0.3, -0.25) is 4.79 Å². The minimum Gasteiger partial charge on any atom is -0.380 e. The molecule has 7 nitrogen and oxygen atoms in total. The van der Waals surface area contributed by atoms with E-state index in [2.05, 4.69) is 25.9 Å². The quantitative estimate of drug-likeness (QED) is 0.647. The predicted octanol–water partition coefficient (Wildman–Crippen LogP) is 2.80. The minimum absolute atomic E-state index is 0.0282. The zero-order chi connectivity index (χ0) is 19.7. The molecule has 1 fully saturated rings. The van der Waals surface area contributed by atoms with E-state index in [1.807, 2.05) is 4.57 Å². The molecule has 1 aliphatic carbocycles. The molecule has 144 valence electrons. The topological polar surface area (TPSA) is 99.0 Å². The number of primary amides is 1. The maximum Gasteiger partial charge on any atom is 0.269 e. The van der Waals surface area contributed by atoms with Crippen molar-refractivity contribution < 1.29 is 14.3 Å². The fraction of sp³-hybridized carbons (Fsp3) is 0.316.